The number of fused-ring (bicyclic) bond motifs is 1. The van der Waals surface area contributed by atoms with Gasteiger partial charge in [0.15, 0.2) is 0 Å². The Morgan fingerprint density at radius 1 is 1.35 bits per heavy atom. The van der Waals surface area contributed by atoms with Crippen molar-refractivity contribution in [1.82, 2.24) is 4.90 Å². The van der Waals surface area contributed by atoms with Gasteiger partial charge in [-0.1, -0.05) is 6.07 Å². The summed E-state index contributed by atoms with van der Waals surface area (Å²) < 4.78 is 10.7. The molecule has 1 aromatic carbocycles. The Morgan fingerprint density at radius 2 is 2.20 bits per heavy atom. The molecule has 0 aromatic heterocycles. The largest absolute Gasteiger partial charge is 0.497 e. The molecule has 20 heavy (non-hydrogen) atoms. The van der Waals surface area contributed by atoms with Crippen LogP contribution in [0.15, 0.2) is 18.2 Å². The molecular weight excluding hydrogens is 254 g/mol. The van der Waals surface area contributed by atoms with Crippen LogP contribution in [0.1, 0.15) is 30.1 Å². The lowest BCUT2D eigenvalue weighted by atomic mass is 9.84. The number of aryl methyl sites for hydroxylation is 1. The zero-order chi connectivity index (χ0) is 14.1. The fourth-order valence-electron chi connectivity index (χ4n) is 3.42. The summed E-state index contributed by atoms with van der Waals surface area (Å²) in [5, 5.41) is 10.7. The molecule has 1 aromatic rings. The second-order valence-corrected chi connectivity index (χ2v) is 5.80. The quantitative estimate of drug-likeness (QED) is 0.914. The van der Waals surface area contributed by atoms with E-state index in [9.17, 15) is 5.11 Å². The van der Waals surface area contributed by atoms with Gasteiger partial charge in [0, 0.05) is 18.7 Å². The van der Waals surface area contributed by atoms with Crippen molar-refractivity contribution in [1.29, 1.82) is 0 Å². The van der Waals surface area contributed by atoms with Gasteiger partial charge in [-0.15, -0.1) is 0 Å². The number of ether oxygens (including phenoxy) is 2. The van der Waals surface area contributed by atoms with Crippen molar-refractivity contribution in [2.24, 2.45) is 0 Å². The molecule has 4 nitrogen and oxygen atoms in total. The number of nitrogens with zero attached hydrogens (tertiary/aromatic N) is 1. The summed E-state index contributed by atoms with van der Waals surface area (Å²) in [7, 11) is 3.79. The van der Waals surface area contributed by atoms with Crippen LogP contribution in [0.4, 0.5) is 0 Å². The van der Waals surface area contributed by atoms with E-state index in [2.05, 4.69) is 11.9 Å². The minimum absolute atomic E-state index is 0.183. The summed E-state index contributed by atoms with van der Waals surface area (Å²) in [6, 6.07) is 6.61. The van der Waals surface area contributed by atoms with Crippen molar-refractivity contribution in [3.63, 3.8) is 0 Å². The molecule has 0 bridgehead atoms. The van der Waals surface area contributed by atoms with E-state index < -0.39 is 6.10 Å². The number of rotatable bonds is 3. The first kappa shape index (κ1) is 13.9. The lowest BCUT2D eigenvalue weighted by Crippen LogP contribution is -2.45. The van der Waals surface area contributed by atoms with Gasteiger partial charge in [0.05, 0.1) is 19.8 Å². The molecule has 1 N–H and O–H groups in total. The number of aliphatic hydroxyl groups is 1. The fraction of sp³-hybridized carbons (Fsp3) is 0.625. The summed E-state index contributed by atoms with van der Waals surface area (Å²) in [5.41, 5.74) is 2.26. The molecule has 0 spiro atoms. The van der Waals surface area contributed by atoms with Gasteiger partial charge < -0.3 is 14.6 Å². The van der Waals surface area contributed by atoms with Gasteiger partial charge >= 0.3 is 0 Å². The summed E-state index contributed by atoms with van der Waals surface area (Å²) >= 11 is 0. The Bertz CT molecular complexity index is 471. The lowest BCUT2D eigenvalue weighted by molar-refractivity contribution is 0.0246. The molecule has 1 aliphatic heterocycles. The number of hydrogen-bond donors (Lipinski definition) is 1. The van der Waals surface area contributed by atoms with Crippen LogP contribution in [0.25, 0.3) is 0 Å². The Morgan fingerprint density at radius 3 is 2.90 bits per heavy atom. The summed E-state index contributed by atoms with van der Waals surface area (Å²) in [6.07, 6.45) is 2.62. The SMILES string of the molecule is COc1ccc2c(c1)CCC(N(C)C1CCOC1)C2O. The molecule has 1 fully saturated rings. The Balaban J connectivity index is 1.79. The molecule has 2 aliphatic rings. The van der Waals surface area contributed by atoms with Gasteiger partial charge in [0.25, 0.3) is 0 Å². The summed E-state index contributed by atoms with van der Waals surface area (Å²) in [4.78, 5) is 2.31. The summed E-state index contributed by atoms with van der Waals surface area (Å²) in [6.45, 7) is 1.63. The van der Waals surface area contributed by atoms with Crippen molar-refractivity contribution in [3.05, 3.63) is 29.3 Å². The van der Waals surface area contributed by atoms with E-state index in [-0.39, 0.29) is 6.04 Å². The predicted molar refractivity (Wildman–Crippen MR) is 77.0 cm³/mol. The van der Waals surface area contributed by atoms with Crippen LogP contribution in [0.2, 0.25) is 0 Å². The normalized spacial score (nSPS) is 29.5. The molecule has 0 amide bonds. The van der Waals surface area contributed by atoms with Crippen LogP contribution in [-0.4, -0.2) is 49.5 Å². The van der Waals surface area contributed by atoms with Crippen molar-refractivity contribution in [3.8, 4) is 5.75 Å². The van der Waals surface area contributed by atoms with Crippen molar-refractivity contribution >= 4 is 0 Å². The maximum Gasteiger partial charge on any atom is 0.119 e. The molecule has 3 atom stereocenters. The van der Waals surface area contributed by atoms with E-state index in [4.69, 9.17) is 9.47 Å². The molecule has 3 unspecified atom stereocenters. The van der Waals surface area contributed by atoms with Crippen molar-refractivity contribution in [2.45, 2.75) is 37.5 Å². The fourth-order valence-corrected chi connectivity index (χ4v) is 3.42. The van der Waals surface area contributed by atoms with Gasteiger partial charge in [-0.05, 0) is 49.6 Å². The number of likely N-dealkylation sites (N-methyl/N-ethyl adjacent to an activating group) is 1. The molecule has 4 heteroatoms. The third kappa shape index (κ3) is 2.43. The average Bonchev–Trinajstić information content (AvgIpc) is 3.01. The molecular formula is C16H23NO3. The van der Waals surface area contributed by atoms with E-state index in [0.29, 0.717) is 6.04 Å². The highest BCUT2D eigenvalue weighted by atomic mass is 16.5. The standard InChI is InChI=1S/C16H23NO3/c1-17(12-7-8-20-10-12)15-6-3-11-9-13(19-2)4-5-14(11)16(15)18/h4-5,9,12,15-16,18H,3,6-8,10H2,1-2H3. The molecule has 0 saturated carbocycles. The van der Waals surface area contributed by atoms with Crippen LogP contribution < -0.4 is 4.74 Å². The zero-order valence-electron chi connectivity index (χ0n) is 12.2. The number of methoxy groups -OCH3 is 1. The molecule has 0 radical (unpaired) electrons. The molecule has 110 valence electrons. The van der Waals surface area contributed by atoms with E-state index >= 15 is 0 Å². The van der Waals surface area contributed by atoms with Crippen LogP contribution in [0.3, 0.4) is 0 Å². The maximum atomic E-state index is 10.7. The van der Waals surface area contributed by atoms with Gasteiger partial charge in [0.1, 0.15) is 5.75 Å². The first-order valence-corrected chi connectivity index (χ1v) is 7.35. The molecule has 3 rings (SSSR count). The topological polar surface area (TPSA) is 41.9 Å². The third-order valence-electron chi connectivity index (χ3n) is 4.75. The van der Waals surface area contributed by atoms with Crippen LogP contribution >= 0.6 is 0 Å². The minimum Gasteiger partial charge on any atom is -0.497 e. The lowest BCUT2D eigenvalue weighted by Gasteiger charge is -2.39. The van der Waals surface area contributed by atoms with Gasteiger partial charge in [-0.2, -0.15) is 0 Å². The Labute approximate surface area is 120 Å². The smallest absolute Gasteiger partial charge is 0.119 e. The van der Waals surface area contributed by atoms with Crippen LogP contribution in [0, 0.1) is 0 Å². The molecule has 1 heterocycles. The van der Waals surface area contributed by atoms with E-state index in [1.165, 1.54) is 5.56 Å². The number of hydrogen-bond acceptors (Lipinski definition) is 4. The average molecular weight is 277 g/mol. The van der Waals surface area contributed by atoms with Gasteiger partial charge in [-0.25, -0.2) is 0 Å². The second-order valence-electron chi connectivity index (χ2n) is 5.80. The highest BCUT2D eigenvalue weighted by Crippen LogP contribution is 2.35. The predicted octanol–water partition coefficient (Wildman–Crippen LogP) is 1.76. The third-order valence-corrected chi connectivity index (χ3v) is 4.75. The van der Waals surface area contributed by atoms with Crippen LogP contribution in [-0.2, 0) is 11.2 Å². The summed E-state index contributed by atoms with van der Waals surface area (Å²) in [5.74, 6) is 0.868. The zero-order valence-corrected chi connectivity index (χ0v) is 12.2. The molecule has 1 aliphatic carbocycles. The van der Waals surface area contributed by atoms with Gasteiger partial charge in [0.2, 0.25) is 0 Å². The Kier molecular flexibility index (Phi) is 3.96. The monoisotopic (exact) mass is 277 g/mol. The van der Waals surface area contributed by atoms with E-state index in [1.807, 2.05) is 18.2 Å². The molecule has 1 saturated heterocycles. The number of aliphatic hydroxyl groups excluding tert-OH is 1. The number of benzene rings is 1. The second kappa shape index (κ2) is 5.72. The first-order valence-electron chi connectivity index (χ1n) is 7.35. The van der Waals surface area contributed by atoms with Crippen LogP contribution in [0.5, 0.6) is 5.75 Å². The van der Waals surface area contributed by atoms with E-state index in [0.717, 1.165) is 43.8 Å². The first-order chi connectivity index (χ1) is 9.70. The van der Waals surface area contributed by atoms with E-state index in [1.54, 1.807) is 7.11 Å². The Hall–Kier alpha value is -1.10. The highest BCUT2D eigenvalue weighted by Gasteiger charge is 2.34. The van der Waals surface area contributed by atoms with Crippen molar-refractivity contribution < 1.29 is 14.6 Å². The maximum absolute atomic E-state index is 10.7. The van der Waals surface area contributed by atoms with Crippen molar-refractivity contribution in [2.75, 3.05) is 27.4 Å². The minimum atomic E-state index is -0.421. The highest BCUT2D eigenvalue weighted by molar-refractivity contribution is 5.39. The van der Waals surface area contributed by atoms with Gasteiger partial charge in [-0.3, -0.25) is 4.90 Å².